The van der Waals surface area contributed by atoms with E-state index in [1.807, 2.05) is 0 Å². The summed E-state index contributed by atoms with van der Waals surface area (Å²) in [5.74, 6) is 2.54. The topological polar surface area (TPSA) is 55.1 Å². The zero-order valence-corrected chi connectivity index (χ0v) is 6.90. The van der Waals surface area contributed by atoms with Crippen molar-refractivity contribution in [1.82, 2.24) is 5.43 Å². The van der Waals surface area contributed by atoms with Crippen LogP contribution in [0.5, 0.6) is 0 Å². The molecule has 0 aromatic heterocycles. The second-order valence-corrected chi connectivity index (χ2v) is 2.54. The molecule has 0 saturated heterocycles. The number of rotatable bonds is 1. The first-order valence-electron chi connectivity index (χ1n) is 3.53. The van der Waals surface area contributed by atoms with Crippen molar-refractivity contribution in [3.05, 3.63) is 34.9 Å². The SMILES string of the molecule is Cc1c(F)cc(C(=O)NN)cc1F. The van der Waals surface area contributed by atoms with Gasteiger partial charge in [-0.05, 0) is 19.1 Å². The number of hydrogen-bond acceptors (Lipinski definition) is 2. The van der Waals surface area contributed by atoms with Gasteiger partial charge in [-0.1, -0.05) is 0 Å². The predicted molar refractivity (Wildman–Crippen MR) is 42.7 cm³/mol. The van der Waals surface area contributed by atoms with E-state index in [4.69, 9.17) is 5.84 Å². The highest BCUT2D eigenvalue weighted by molar-refractivity contribution is 5.93. The third kappa shape index (κ3) is 1.81. The molecule has 0 saturated carbocycles. The average molecular weight is 186 g/mol. The van der Waals surface area contributed by atoms with Gasteiger partial charge in [-0.25, -0.2) is 14.6 Å². The van der Waals surface area contributed by atoms with Gasteiger partial charge >= 0.3 is 0 Å². The Balaban J connectivity index is 3.20. The van der Waals surface area contributed by atoms with Crippen molar-refractivity contribution < 1.29 is 13.6 Å². The van der Waals surface area contributed by atoms with Crippen LogP contribution in [-0.2, 0) is 0 Å². The molecule has 0 heterocycles. The number of nitrogen functional groups attached to an aromatic ring is 1. The molecule has 5 heteroatoms. The minimum absolute atomic E-state index is 0.117. The van der Waals surface area contributed by atoms with Crippen LogP contribution in [0.3, 0.4) is 0 Å². The highest BCUT2D eigenvalue weighted by Crippen LogP contribution is 2.13. The summed E-state index contributed by atoms with van der Waals surface area (Å²) in [6.07, 6.45) is 0. The Morgan fingerprint density at radius 3 is 2.23 bits per heavy atom. The fraction of sp³-hybridized carbons (Fsp3) is 0.125. The van der Waals surface area contributed by atoms with E-state index in [1.165, 1.54) is 6.92 Å². The molecule has 3 N–H and O–H groups in total. The zero-order chi connectivity index (χ0) is 10.0. The molecule has 70 valence electrons. The highest BCUT2D eigenvalue weighted by Gasteiger charge is 2.10. The van der Waals surface area contributed by atoms with E-state index in [-0.39, 0.29) is 11.1 Å². The van der Waals surface area contributed by atoms with E-state index < -0.39 is 17.5 Å². The number of nitrogens with one attached hydrogen (secondary N) is 1. The third-order valence-electron chi connectivity index (χ3n) is 1.67. The summed E-state index contributed by atoms with van der Waals surface area (Å²) in [6, 6.07) is 1.86. The molecule has 0 aliphatic rings. The summed E-state index contributed by atoms with van der Waals surface area (Å²) in [5, 5.41) is 0. The summed E-state index contributed by atoms with van der Waals surface area (Å²) >= 11 is 0. The van der Waals surface area contributed by atoms with Crippen molar-refractivity contribution in [2.24, 2.45) is 5.84 Å². The lowest BCUT2D eigenvalue weighted by Crippen LogP contribution is -2.30. The van der Waals surface area contributed by atoms with Crippen molar-refractivity contribution in [3.63, 3.8) is 0 Å². The summed E-state index contributed by atoms with van der Waals surface area (Å²) in [7, 11) is 0. The third-order valence-corrected chi connectivity index (χ3v) is 1.67. The standard InChI is InChI=1S/C8H8F2N2O/c1-4-6(9)2-5(3-7(4)10)8(13)12-11/h2-3H,11H2,1H3,(H,12,13). The lowest BCUT2D eigenvalue weighted by atomic mass is 10.1. The molecular weight excluding hydrogens is 178 g/mol. The van der Waals surface area contributed by atoms with Gasteiger partial charge in [0.25, 0.3) is 5.91 Å². The maximum Gasteiger partial charge on any atom is 0.265 e. The Bertz CT molecular complexity index is 329. The first kappa shape index (κ1) is 9.60. The van der Waals surface area contributed by atoms with E-state index in [0.29, 0.717) is 0 Å². The van der Waals surface area contributed by atoms with Crippen LogP contribution in [0.15, 0.2) is 12.1 Å². The monoisotopic (exact) mass is 186 g/mol. The van der Waals surface area contributed by atoms with Gasteiger partial charge in [-0.3, -0.25) is 10.2 Å². The fourth-order valence-electron chi connectivity index (χ4n) is 0.860. The predicted octanol–water partition coefficient (Wildman–Crippen LogP) is 0.877. The lowest BCUT2D eigenvalue weighted by Gasteiger charge is -2.02. The quantitative estimate of drug-likeness (QED) is 0.388. The molecule has 0 bridgehead atoms. The molecule has 0 unspecified atom stereocenters. The lowest BCUT2D eigenvalue weighted by molar-refractivity contribution is 0.0952. The number of benzene rings is 1. The Morgan fingerprint density at radius 2 is 1.85 bits per heavy atom. The molecule has 1 aromatic carbocycles. The fourth-order valence-corrected chi connectivity index (χ4v) is 0.860. The molecule has 1 amide bonds. The average Bonchev–Trinajstić information content (AvgIpc) is 2.12. The first-order valence-corrected chi connectivity index (χ1v) is 3.53. The van der Waals surface area contributed by atoms with E-state index >= 15 is 0 Å². The number of hydrazine groups is 1. The van der Waals surface area contributed by atoms with Gasteiger partial charge in [-0.2, -0.15) is 0 Å². The molecule has 0 spiro atoms. The van der Waals surface area contributed by atoms with Gasteiger partial charge in [0.15, 0.2) is 0 Å². The molecule has 13 heavy (non-hydrogen) atoms. The van der Waals surface area contributed by atoms with E-state index in [2.05, 4.69) is 0 Å². The van der Waals surface area contributed by atoms with Crippen LogP contribution < -0.4 is 11.3 Å². The van der Waals surface area contributed by atoms with Crippen molar-refractivity contribution in [2.45, 2.75) is 6.92 Å². The van der Waals surface area contributed by atoms with Crippen LogP contribution in [0, 0.1) is 18.6 Å². The van der Waals surface area contributed by atoms with Gasteiger partial charge in [0, 0.05) is 11.1 Å². The first-order chi connectivity index (χ1) is 6.06. The smallest absolute Gasteiger partial charge is 0.265 e. The second-order valence-electron chi connectivity index (χ2n) is 2.54. The van der Waals surface area contributed by atoms with E-state index in [0.717, 1.165) is 12.1 Å². The van der Waals surface area contributed by atoms with Crippen molar-refractivity contribution in [2.75, 3.05) is 0 Å². The second kappa shape index (κ2) is 3.49. The summed E-state index contributed by atoms with van der Waals surface area (Å²) in [5.41, 5.74) is 1.53. The zero-order valence-electron chi connectivity index (χ0n) is 6.90. The molecule has 0 aliphatic heterocycles. The molecule has 0 atom stereocenters. The maximum absolute atomic E-state index is 12.9. The number of amides is 1. The molecule has 3 nitrogen and oxygen atoms in total. The molecule has 1 rings (SSSR count). The Labute approximate surface area is 73.5 Å². The number of carbonyl (C=O) groups excluding carboxylic acids is 1. The van der Waals surface area contributed by atoms with Crippen molar-refractivity contribution in [3.8, 4) is 0 Å². The van der Waals surface area contributed by atoms with Gasteiger partial charge < -0.3 is 0 Å². The number of hydrogen-bond donors (Lipinski definition) is 2. The summed E-state index contributed by atoms with van der Waals surface area (Å²) in [4.78, 5) is 10.9. The minimum Gasteiger partial charge on any atom is -0.290 e. The molecule has 0 radical (unpaired) electrons. The van der Waals surface area contributed by atoms with Crippen LogP contribution in [0.1, 0.15) is 15.9 Å². The van der Waals surface area contributed by atoms with Crippen molar-refractivity contribution >= 4 is 5.91 Å². The summed E-state index contributed by atoms with van der Waals surface area (Å²) in [6.45, 7) is 1.29. The maximum atomic E-state index is 12.9. The van der Waals surface area contributed by atoms with Crippen LogP contribution in [0.4, 0.5) is 8.78 Å². The highest BCUT2D eigenvalue weighted by atomic mass is 19.1. The van der Waals surface area contributed by atoms with Gasteiger partial charge in [0.1, 0.15) is 11.6 Å². The van der Waals surface area contributed by atoms with E-state index in [1.54, 1.807) is 5.43 Å². The summed E-state index contributed by atoms with van der Waals surface area (Å²) < 4.78 is 25.8. The number of halogens is 2. The molecule has 1 aromatic rings. The Hall–Kier alpha value is -1.49. The van der Waals surface area contributed by atoms with Crippen LogP contribution >= 0.6 is 0 Å². The Kier molecular flexibility index (Phi) is 2.57. The van der Waals surface area contributed by atoms with Crippen LogP contribution in [0.2, 0.25) is 0 Å². The van der Waals surface area contributed by atoms with Gasteiger partial charge in [0.05, 0.1) is 0 Å². The van der Waals surface area contributed by atoms with Gasteiger partial charge in [-0.15, -0.1) is 0 Å². The van der Waals surface area contributed by atoms with E-state index in [9.17, 15) is 13.6 Å². The molecule has 0 fully saturated rings. The normalized spacial score (nSPS) is 9.85. The van der Waals surface area contributed by atoms with Gasteiger partial charge in [0.2, 0.25) is 0 Å². The molecular formula is C8H8F2N2O. The number of carbonyl (C=O) groups is 1. The minimum atomic E-state index is -0.765. The largest absolute Gasteiger partial charge is 0.290 e. The van der Waals surface area contributed by atoms with Crippen LogP contribution in [-0.4, -0.2) is 5.91 Å². The van der Waals surface area contributed by atoms with Crippen LogP contribution in [0.25, 0.3) is 0 Å². The molecule has 0 aliphatic carbocycles. The number of nitrogens with two attached hydrogens (primary N) is 1. The Morgan fingerprint density at radius 1 is 1.38 bits per heavy atom. The van der Waals surface area contributed by atoms with Crippen molar-refractivity contribution in [1.29, 1.82) is 0 Å².